The van der Waals surface area contributed by atoms with Crippen LogP contribution in [0, 0.1) is 0 Å². The second-order valence-electron chi connectivity index (χ2n) is 5.60. The molecule has 0 amide bonds. The zero-order chi connectivity index (χ0) is 19.3. The first-order chi connectivity index (χ1) is 12.5. The van der Waals surface area contributed by atoms with E-state index in [2.05, 4.69) is 0 Å². The maximum atomic E-state index is 13.1. The Bertz CT molecular complexity index is 812. The average molecular weight is 357 g/mol. The van der Waals surface area contributed by atoms with Crippen LogP contribution in [0.15, 0.2) is 36.4 Å². The predicted octanol–water partition coefficient (Wildman–Crippen LogP) is 3.48. The van der Waals surface area contributed by atoms with E-state index < -0.39 is 11.8 Å². The number of anilines is 1. The standard InChI is InChI=1S/C20H23NO5/c1-5-21(6-2)13-7-9-15(20(23)24)17(11-13)19(22)16-10-8-14(25-3)12-18(16)26-4/h7-12H,5-6H2,1-4H3,(H,23,24). The van der Waals surface area contributed by atoms with Gasteiger partial charge in [0.2, 0.25) is 0 Å². The van der Waals surface area contributed by atoms with Gasteiger partial charge in [-0.3, -0.25) is 4.79 Å². The summed E-state index contributed by atoms with van der Waals surface area (Å²) in [5, 5.41) is 9.50. The minimum absolute atomic E-state index is 0.0382. The smallest absolute Gasteiger partial charge is 0.336 e. The molecule has 0 spiro atoms. The summed E-state index contributed by atoms with van der Waals surface area (Å²) in [5.74, 6) is -0.671. The van der Waals surface area contributed by atoms with Gasteiger partial charge in [0.05, 0.1) is 25.3 Å². The van der Waals surface area contributed by atoms with E-state index in [0.29, 0.717) is 11.5 Å². The van der Waals surface area contributed by atoms with Crippen LogP contribution in [0.4, 0.5) is 5.69 Å². The number of rotatable bonds is 8. The van der Waals surface area contributed by atoms with Crippen LogP contribution >= 0.6 is 0 Å². The number of aromatic carboxylic acids is 1. The van der Waals surface area contributed by atoms with Crippen molar-refractivity contribution in [2.24, 2.45) is 0 Å². The molecule has 0 heterocycles. The predicted molar refractivity (Wildman–Crippen MR) is 99.9 cm³/mol. The number of carboxylic acids is 1. The van der Waals surface area contributed by atoms with Crippen LogP contribution in [-0.4, -0.2) is 44.2 Å². The van der Waals surface area contributed by atoms with Gasteiger partial charge in [0.1, 0.15) is 11.5 Å². The quantitative estimate of drug-likeness (QED) is 0.729. The molecule has 26 heavy (non-hydrogen) atoms. The van der Waals surface area contributed by atoms with E-state index in [0.717, 1.165) is 18.8 Å². The summed E-state index contributed by atoms with van der Waals surface area (Å²) in [6, 6.07) is 9.64. The monoisotopic (exact) mass is 357 g/mol. The molecule has 0 bridgehead atoms. The number of carboxylic acid groups (broad SMARTS) is 1. The highest BCUT2D eigenvalue weighted by molar-refractivity contribution is 6.16. The Hall–Kier alpha value is -3.02. The lowest BCUT2D eigenvalue weighted by molar-refractivity contribution is 0.0692. The largest absolute Gasteiger partial charge is 0.497 e. The molecule has 0 aromatic heterocycles. The van der Waals surface area contributed by atoms with E-state index in [1.807, 2.05) is 18.7 Å². The number of hydrogen-bond donors (Lipinski definition) is 1. The van der Waals surface area contributed by atoms with Crippen molar-refractivity contribution in [3.8, 4) is 11.5 Å². The number of nitrogens with zero attached hydrogens (tertiary/aromatic N) is 1. The molecule has 2 aromatic rings. The van der Waals surface area contributed by atoms with Gasteiger partial charge in [-0.2, -0.15) is 0 Å². The van der Waals surface area contributed by atoms with Crippen molar-refractivity contribution in [1.82, 2.24) is 0 Å². The van der Waals surface area contributed by atoms with Gasteiger partial charge in [0.15, 0.2) is 5.78 Å². The summed E-state index contributed by atoms with van der Waals surface area (Å²) in [6.07, 6.45) is 0. The van der Waals surface area contributed by atoms with Crippen LogP contribution in [0.5, 0.6) is 11.5 Å². The lowest BCUT2D eigenvalue weighted by atomic mass is 9.96. The fourth-order valence-electron chi connectivity index (χ4n) is 2.82. The number of hydrogen-bond acceptors (Lipinski definition) is 5. The summed E-state index contributed by atoms with van der Waals surface area (Å²) in [5.41, 5.74) is 1.18. The van der Waals surface area contributed by atoms with E-state index in [1.165, 1.54) is 20.3 Å². The van der Waals surface area contributed by atoms with Crippen LogP contribution in [0.25, 0.3) is 0 Å². The molecule has 1 N–H and O–H groups in total. The molecule has 2 aromatic carbocycles. The van der Waals surface area contributed by atoms with E-state index in [-0.39, 0.29) is 16.7 Å². The number of methoxy groups -OCH3 is 2. The van der Waals surface area contributed by atoms with Gasteiger partial charge in [-0.25, -0.2) is 4.79 Å². The van der Waals surface area contributed by atoms with Crippen LogP contribution in [0.2, 0.25) is 0 Å². The lowest BCUT2D eigenvalue weighted by Gasteiger charge is -2.22. The Balaban J connectivity index is 2.60. The molecule has 0 radical (unpaired) electrons. The molecule has 0 saturated carbocycles. The Morgan fingerprint density at radius 1 is 0.923 bits per heavy atom. The van der Waals surface area contributed by atoms with Crippen molar-refractivity contribution in [3.63, 3.8) is 0 Å². The molecular formula is C20H23NO5. The summed E-state index contributed by atoms with van der Waals surface area (Å²) < 4.78 is 10.4. The molecule has 6 heteroatoms. The summed E-state index contributed by atoms with van der Waals surface area (Å²) in [6.45, 7) is 5.51. The Kier molecular flexibility index (Phi) is 6.22. The van der Waals surface area contributed by atoms with Gasteiger partial charge in [-0.1, -0.05) is 0 Å². The third-order valence-electron chi connectivity index (χ3n) is 4.26. The first kappa shape index (κ1) is 19.3. The second kappa shape index (κ2) is 8.38. The number of benzene rings is 2. The first-order valence-corrected chi connectivity index (χ1v) is 8.35. The molecule has 0 fully saturated rings. The minimum atomic E-state index is -1.15. The Morgan fingerprint density at radius 2 is 1.58 bits per heavy atom. The molecule has 0 saturated heterocycles. The van der Waals surface area contributed by atoms with E-state index >= 15 is 0 Å². The average Bonchev–Trinajstić information content (AvgIpc) is 2.67. The zero-order valence-electron chi connectivity index (χ0n) is 15.4. The van der Waals surface area contributed by atoms with Gasteiger partial charge < -0.3 is 19.5 Å². The normalized spacial score (nSPS) is 10.3. The first-order valence-electron chi connectivity index (χ1n) is 8.35. The van der Waals surface area contributed by atoms with E-state index in [1.54, 1.807) is 30.3 Å². The van der Waals surface area contributed by atoms with Crippen molar-refractivity contribution in [3.05, 3.63) is 53.1 Å². The van der Waals surface area contributed by atoms with Crippen molar-refractivity contribution in [2.45, 2.75) is 13.8 Å². The van der Waals surface area contributed by atoms with Crippen molar-refractivity contribution in [1.29, 1.82) is 0 Å². The molecular weight excluding hydrogens is 334 g/mol. The molecule has 138 valence electrons. The molecule has 0 aliphatic rings. The highest BCUT2D eigenvalue weighted by atomic mass is 16.5. The fraction of sp³-hybridized carbons (Fsp3) is 0.300. The third kappa shape index (κ3) is 3.79. The Morgan fingerprint density at radius 3 is 2.12 bits per heavy atom. The number of ether oxygens (including phenoxy) is 2. The molecule has 0 aliphatic heterocycles. The lowest BCUT2D eigenvalue weighted by Crippen LogP contribution is -2.22. The SMILES string of the molecule is CCN(CC)c1ccc(C(=O)O)c(C(=O)c2ccc(OC)cc2OC)c1. The zero-order valence-corrected chi connectivity index (χ0v) is 15.4. The Labute approximate surface area is 153 Å². The van der Waals surface area contributed by atoms with Crippen molar-refractivity contribution in [2.75, 3.05) is 32.2 Å². The second-order valence-corrected chi connectivity index (χ2v) is 5.60. The van der Waals surface area contributed by atoms with Crippen LogP contribution in [-0.2, 0) is 0 Å². The van der Waals surface area contributed by atoms with Gasteiger partial charge in [0, 0.05) is 30.4 Å². The van der Waals surface area contributed by atoms with Crippen LogP contribution in [0.1, 0.15) is 40.1 Å². The topological polar surface area (TPSA) is 76.1 Å². The fourth-order valence-corrected chi connectivity index (χ4v) is 2.82. The maximum absolute atomic E-state index is 13.1. The van der Waals surface area contributed by atoms with E-state index in [9.17, 15) is 14.7 Å². The van der Waals surface area contributed by atoms with Crippen molar-refractivity contribution < 1.29 is 24.2 Å². The van der Waals surface area contributed by atoms with Gasteiger partial charge in [-0.05, 0) is 44.2 Å². The van der Waals surface area contributed by atoms with Gasteiger partial charge >= 0.3 is 5.97 Å². The third-order valence-corrected chi connectivity index (χ3v) is 4.26. The number of ketones is 1. The number of carbonyl (C=O) groups excluding carboxylic acids is 1. The van der Waals surface area contributed by atoms with Crippen LogP contribution in [0.3, 0.4) is 0 Å². The molecule has 0 unspecified atom stereocenters. The molecule has 0 atom stereocenters. The summed E-state index contributed by atoms with van der Waals surface area (Å²) >= 11 is 0. The highest BCUT2D eigenvalue weighted by Crippen LogP contribution is 2.29. The van der Waals surface area contributed by atoms with Gasteiger partial charge in [0.25, 0.3) is 0 Å². The summed E-state index contributed by atoms with van der Waals surface area (Å²) in [7, 11) is 2.97. The number of carbonyl (C=O) groups is 2. The van der Waals surface area contributed by atoms with E-state index in [4.69, 9.17) is 9.47 Å². The maximum Gasteiger partial charge on any atom is 0.336 e. The molecule has 2 rings (SSSR count). The molecule has 6 nitrogen and oxygen atoms in total. The highest BCUT2D eigenvalue weighted by Gasteiger charge is 2.22. The summed E-state index contributed by atoms with van der Waals surface area (Å²) in [4.78, 5) is 26.8. The van der Waals surface area contributed by atoms with Crippen molar-refractivity contribution >= 4 is 17.4 Å². The van der Waals surface area contributed by atoms with Gasteiger partial charge in [-0.15, -0.1) is 0 Å². The molecule has 0 aliphatic carbocycles. The van der Waals surface area contributed by atoms with Crippen LogP contribution < -0.4 is 14.4 Å². The minimum Gasteiger partial charge on any atom is -0.497 e.